The van der Waals surface area contributed by atoms with Crippen LogP contribution in [0.25, 0.3) is 0 Å². The SMILES string of the molecule is O=S(=O)(NC1CCOc2ccccc21)c1ccccc1F. The van der Waals surface area contributed by atoms with E-state index in [-0.39, 0.29) is 4.90 Å². The molecule has 2 aromatic rings. The Bertz CT molecular complexity index is 761. The Labute approximate surface area is 122 Å². The first-order chi connectivity index (χ1) is 10.1. The van der Waals surface area contributed by atoms with Gasteiger partial charge in [-0.25, -0.2) is 17.5 Å². The van der Waals surface area contributed by atoms with Crippen molar-refractivity contribution in [3.05, 3.63) is 59.9 Å². The molecule has 0 spiro atoms. The topological polar surface area (TPSA) is 55.4 Å². The number of hydrogen-bond donors (Lipinski definition) is 1. The molecule has 0 bridgehead atoms. The van der Waals surface area contributed by atoms with Gasteiger partial charge >= 0.3 is 0 Å². The Balaban J connectivity index is 1.93. The molecular formula is C15H14FNO3S. The van der Waals surface area contributed by atoms with Gasteiger partial charge in [0.05, 0.1) is 12.6 Å². The summed E-state index contributed by atoms with van der Waals surface area (Å²) in [6.45, 7) is 0.418. The van der Waals surface area contributed by atoms with E-state index in [1.807, 2.05) is 18.2 Å². The average molecular weight is 307 g/mol. The molecule has 0 radical (unpaired) electrons. The van der Waals surface area contributed by atoms with Gasteiger partial charge in [0.25, 0.3) is 0 Å². The number of fused-ring (bicyclic) bond motifs is 1. The Morgan fingerprint density at radius 3 is 2.62 bits per heavy atom. The van der Waals surface area contributed by atoms with Gasteiger partial charge in [-0.3, -0.25) is 0 Å². The molecule has 21 heavy (non-hydrogen) atoms. The van der Waals surface area contributed by atoms with E-state index in [2.05, 4.69) is 4.72 Å². The van der Waals surface area contributed by atoms with Crippen LogP contribution in [-0.4, -0.2) is 15.0 Å². The number of ether oxygens (including phenoxy) is 1. The summed E-state index contributed by atoms with van der Waals surface area (Å²) in [6, 6.07) is 12.2. The van der Waals surface area contributed by atoms with E-state index < -0.39 is 21.9 Å². The standard InChI is InChI=1S/C15H14FNO3S/c16-12-6-2-4-8-15(12)21(18,19)17-13-9-10-20-14-7-3-1-5-11(13)14/h1-8,13,17H,9-10H2. The lowest BCUT2D eigenvalue weighted by Gasteiger charge is -2.26. The van der Waals surface area contributed by atoms with Crippen LogP contribution >= 0.6 is 0 Å². The fraction of sp³-hybridized carbons (Fsp3) is 0.200. The van der Waals surface area contributed by atoms with E-state index in [4.69, 9.17) is 4.74 Å². The van der Waals surface area contributed by atoms with Crippen molar-refractivity contribution in [2.75, 3.05) is 6.61 Å². The maximum atomic E-state index is 13.7. The zero-order valence-electron chi connectivity index (χ0n) is 11.1. The number of hydrogen-bond acceptors (Lipinski definition) is 3. The predicted molar refractivity (Wildman–Crippen MR) is 76.0 cm³/mol. The van der Waals surface area contributed by atoms with Gasteiger partial charge in [0.2, 0.25) is 10.0 Å². The van der Waals surface area contributed by atoms with Crippen molar-refractivity contribution in [3.63, 3.8) is 0 Å². The van der Waals surface area contributed by atoms with Gasteiger partial charge in [0.15, 0.2) is 0 Å². The summed E-state index contributed by atoms with van der Waals surface area (Å²) in [5.74, 6) is -0.102. The third-order valence-corrected chi connectivity index (χ3v) is 4.89. The van der Waals surface area contributed by atoms with Crippen LogP contribution in [0, 0.1) is 5.82 Å². The normalized spacial score (nSPS) is 17.9. The molecular weight excluding hydrogens is 293 g/mol. The molecule has 1 atom stereocenters. The monoisotopic (exact) mass is 307 g/mol. The number of halogens is 1. The zero-order chi connectivity index (χ0) is 14.9. The van der Waals surface area contributed by atoms with Crippen LogP contribution < -0.4 is 9.46 Å². The maximum absolute atomic E-state index is 13.7. The third kappa shape index (κ3) is 2.77. The summed E-state index contributed by atoms with van der Waals surface area (Å²) in [7, 11) is -3.91. The summed E-state index contributed by atoms with van der Waals surface area (Å²) in [5, 5.41) is 0. The van der Waals surface area contributed by atoms with E-state index in [1.165, 1.54) is 18.2 Å². The van der Waals surface area contributed by atoms with Crippen molar-refractivity contribution in [1.29, 1.82) is 0 Å². The Morgan fingerprint density at radius 2 is 1.81 bits per heavy atom. The number of sulfonamides is 1. The van der Waals surface area contributed by atoms with Crippen molar-refractivity contribution >= 4 is 10.0 Å². The number of rotatable bonds is 3. The molecule has 110 valence electrons. The van der Waals surface area contributed by atoms with Gasteiger partial charge in [-0.05, 0) is 18.2 Å². The fourth-order valence-corrected chi connectivity index (χ4v) is 3.71. The molecule has 4 nitrogen and oxygen atoms in total. The second-order valence-corrected chi connectivity index (χ2v) is 6.46. The van der Waals surface area contributed by atoms with Gasteiger partial charge in [-0.1, -0.05) is 30.3 Å². The van der Waals surface area contributed by atoms with Crippen LogP contribution in [0.3, 0.4) is 0 Å². The minimum absolute atomic E-state index is 0.339. The molecule has 0 aliphatic carbocycles. The van der Waals surface area contributed by atoms with Crippen LogP contribution in [0.2, 0.25) is 0 Å². The van der Waals surface area contributed by atoms with Gasteiger partial charge in [0, 0.05) is 12.0 Å². The molecule has 1 aliphatic rings. The second kappa shape index (κ2) is 5.46. The highest BCUT2D eigenvalue weighted by Crippen LogP contribution is 2.32. The van der Waals surface area contributed by atoms with Crippen molar-refractivity contribution in [1.82, 2.24) is 4.72 Å². The Morgan fingerprint density at radius 1 is 1.10 bits per heavy atom. The Hall–Kier alpha value is -1.92. The van der Waals surface area contributed by atoms with Crippen molar-refractivity contribution < 1.29 is 17.5 Å². The van der Waals surface area contributed by atoms with Crippen molar-refractivity contribution in [3.8, 4) is 5.75 Å². The molecule has 1 heterocycles. The second-order valence-electron chi connectivity index (χ2n) is 4.78. The van der Waals surface area contributed by atoms with Gasteiger partial charge < -0.3 is 4.74 Å². The van der Waals surface area contributed by atoms with Crippen molar-refractivity contribution in [2.45, 2.75) is 17.4 Å². The Kier molecular flexibility index (Phi) is 3.65. The maximum Gasteiger partial charge on any atom is 0.244 e. The molecule has 1 unspecified atom stereocenters. The molecule has 0 fully saturated rings. The lowest BCUT2D eigenvalue weighted by molar-refractivity contribution is 0.263. The molecule has 1 N–H and O–H groups in total. The first kappa shape index (κ1) is 14.0. The summed E-state index contributed by atoms with van der Waals surface area (Å²) in [6.07, 6.45) is 0.505. The van der Waals surface area contributed by atoms with E-state index in [0.29, 0.717) is 18.8 Å². The predicted octanol–water partition coefficient (Wildman–Crippen LogP) is 2.63. The van der Waals surface area contributed by atoms with E-state index in [9.17, 15) is 12.8 Å². The van der Waals surface area contributed by atoms with Gasteiger partial charge in [-0.2, -0.15) is 0 Å². The lowest BCUT2D eigenvalue weighted by atomic mass is 10.0. The highest BCUT2D eigenvalue weighted by Gasteiger charge is 2.27. The van der Waals surface area contributed by atoms with Crippen LogP contribution in [-0.2, 0) is 10.0 Å². The fourth-order valence-electron chi connectivity index (χ4n) is 2.38. The highest BCUT2D eigenvalue weighted by molar-refractivity contribution is 7.89. The molecule has 0 saturated heterocycles. The molecule has 0 aromatic heterocycles. The third-order valence-electron chi connectivity index (χ3n) is 3.38. The van der Waals surface area contributed by atoms with Crippen LogP contribution in [0.4, 0.5) is 4.39 Å². The summed E-state index contributed by atoms with van der Waals surface area (Å²) in [4.78, 5) is -0.339. The lowest BCUT2D eigenvalue weighted by Crippen LogP contribution is -2.32. The number of nitrogens with one attached hydrogen (secondary N) is 1. The summed E-state index contributed by atoms with van der Waals surface area (Å²) in [5.41, 5.74) is 0.767. The minimum Gasteiger partial charge on any atom is -0.493 e. The first-order valence-corrected chi connectivity index (χ1v) is 8.05. The minimum atomic E-state index is -3.91. The zero-order valence-corrected chi connectivity index (χ0v) is 11.9. The number of para-hydroxylation sites is 1. The highest BCUT2D eigenvalue weighted by atomic mass is 32.2. The van der Waals surface area contributed by atoms with Gasteiger partial charge in [0.1, 0.15) is 16.5 Å². The smallest absolute Gasteiger partial charge is 0.244 e. The summed E-state index contributed by atoms with van der Waals surface area (Å²) < 4.78 is 46.4. The quantitative estimate of drug-likeness (QED) is 0.948. The summed E-state index contributed by atoms with van der Waals surface area (Å²) >= 11 is 0. The van der Waals surface area contributed by atoms with E-state index >= 15 is 0 Å². The van der Waals surface area contributed by atoms with E-state index in [1.54, 1.807) is 6.07 Å². The molecule has 1 aliphatic heterocycles. The number of benzene rings is 2. The molecule has 0 saturated carbocycles. The van der Waals surface area contributed by atoms with Crippen LogP contribution in [0.5, 0.6) is 5.75 Å². The largest absolute Gasteiger partial charge is 0.493 e. The van der Waals surface area contributed by atoms with Crippen molar-refractivity contribution in [2.24, 2.45) is 0 Å². The molecule has 3 rings (SSSR count). The molecule has 0 amide bonds. The molecule has 2 aromatic carbocycles. The molecule has 6 heteroatoms. The van der Waals surface area contributed by atoms with Gasteiger partial charge in [-0.15, -0.1) is 0 Å². The van der Waals surface area contributed by atoms with Crippen LogP contribution in [0.15, 0.2) is 53.4 Å². The average Bonchev–Trinajstić information content (AvgIpc) is 2.47. The first-order valence-electron chi connectivity index (χ1n) is 6.56. The van der Waals surface area contributed by atoms with Crippen LogP contribution in [0.1, 0.15) is 18.0 Å². The van der Waals surface area contributed by atoms with E-state index in [0.717, 1.165) is 11.6 Å².